The van der Waals surface area contributed by atoms with Gasteiger partial charge in [0.1, 0.15) is 10.6 Å². The number of anilines is 1. The van der Waals surface area contributed by atoms with Crippen LogP contribution in [0.2, 0.25) is 0 Å². The lowest BCUT2D eigenvalue weighted by Gasteiger charge is -2.09. The molecule has 0 bridgehead atoms. The molecule has 27 heavy (non-hydrogen) atoms. The molecule has 0 radical (unpaired) electrons. The zero-order valence-electron chi connectivity index (χ0n) is 15.5. The van der Waals surface area contributed by atoms with Crippen LogP contribution in [0.5, 0.6) is 0 Å². The van der Waals surface area contributed by atoms with Gasteiger partial charge in [0.2, 0.25) is 5.89 Å². The molecule has 2 N–H and O–H groups in total. The van der Waals surface area contributed by atoms with E-state index in [2.05, 4.69) is 26.8 Å². The molecule has 0 unspecified atom stereocenters. The van der Waals surface area contributed by atoms with Crippen molar-refractivity contribution in [1.82, 2.24) is 15.2 Å². The third kappa shape index (κ3) is 3.37. The van der Waals surface area contributed by atoms with Crippen molar-refractivity contribution < 1.29 is 12.8 Å². The molecule has 142 valence electrons. The van der Waals surface area contributed by atoms with Crippen LogP contribution in [-0.4, -0.2) is 23.6 Å². The minimum Gasteiger partial charge on any atom is -0.419 e. The van der Waals surface area contributed by atoms with Crippen LogP contribution in [0.4, 0.5) is 5.69 Å². The molecule has 3 aromatic rings. The van der Waals surface area contributed by atoms with E-state index in [1.807, 2.05) is 12.1 Å². The zero-order valence-corrected chi connectivity index (χ0v) is 16.4. The van der Waals surface area contributed by atoms with E-state index in [1.165, 1.54) is 0 Å². The van der Waals surface area contributed by atoms with Crippen LogP contribution in [0.1, 0.15) is 48.4 Å². The molecule has 0 spiro atoms. The van der Waals surface area contributed by atoms with Crippen molar-refractivity contribution in [3.8, 4) is 11.6 Å². The molecule has 1 saturated carbocycles. The van der Waals surface area contributed by atoms with E-state index in [9.17, 15) is 8.42 Å². The first kappa shape index (κ1) is 17.8. The second kappa shape index (κ2) is 6.53. The van der Waals surface area contributed by atoms with Gasteiger partial charge in [0.05, 0.1) is 0 Å². The van der Waals surface area contributed by atoms with Gasteiger partial charge in [0.15, 0.2) is 0 Å². The van der Waals surface area contributed by atoms with Crippen LogP contribution in [0.15, 0.2) is 33.6 Å². The standard InChI is InChI=1S/C19H22N4O3S/c1-4-13-5-9-15(10-6-13)23-27(24,25)17-11(2)16(20-12(17)3)19-22-21-18(26-19)14-7-8-14/h5-6,9-10,14,20,23H,4,7-8H2,1-3H3. The molecule has 1 aliphatic carbocycles. The van der Waals surface area contributed by atoms with E-state index >= 15 is 0 Å². The number of sulfonamides is 1. The minimum atomic E-state index is -3.75. The zero-order chi connectivity index (χ0) is 19.2. The maximum absolute atomic E-state index is 13.0. The molecule has 7 nitrogen and oxygen atoms in total. The Morgan fingerprint density at radius 1 is 1.19 bits per heavy atom. The Morgan fingerprint density at radius 3 is 2.52 bits per heavy atom. The summed E-state index contributed by atoms with van der Waals surface area (Å²) in [6.45, 7) is 5.53. The maximum Gasteiger partial charge on any atom is 0.264 e. The average Bonchev–Trinajstić information content (AvgIpc) is 3.28. The number of H-pyrrole nitrogens is 1. The lowest BCUT2D eigenvalue weighted by molar-refractivity contribution is 0.507. The molecule has 4 rings (SSSR count). The Morgan fingerprint density at radius 2 is 1.89 bits per heavy atom. The van der Waals surface area contributed by atoms with Gasteiger partial charge >= 0.3 is 0 Å². The average molecular weight is 386 g/mol. The molecule has 1 aliphatic rings. The van der Waals surface area contributed by atoms with Crippen LogP contribution in [0.25, 0.3) is 11.6 Å². The van der Waals surface area contributed by atoms with Crippen LogP contribution < -0.4 is 4.72 Å². The highest BCUT2D eigenvalue weighted by Gasteiger charge is 2.31. The minimum absolute atomic E-state index is 0.211. The number of aromatic amines is 1. The summed E-state index contributed by atoms with van der Waals surface area (Å²) in [6, 6.07) is 7.37. The van der Waals surface area contributed by atoms with Crippen LogP contribution in [-0.2, 0) is 16.4 Å². The Bertz CT molecular complexity index is 1080. The van der Waals surface area contributed by atoms with Gasteiger partial charge in [-0.15, -0.1) is 10.2 Å². The molecule has 1 aromatic carbocycles. The maximum atomic E-state index is 13.0. The van der Waals surface area contributed by atoms with E-state index < -0.39 is 10.0 Å². The van der Waals surface area contributed by atoms with Crippen molar-refractivity contribution in [3.05, 3.63) is 47.0 Å². The molecule has 8 heteroatoms. The lowest BCUT2D eigenvalue weighted by atomic mass is 10.2. The SMILES string of the molecule is CCc1ccc(NS(=O)(=O)c2c(C)[nH]c(-c3nnc(C4CC4)o3)c2C)cc1. The van der Waals surface area contributed by atoms with E-state index in [0.717, 1.165) is 24.8 Å². The summed E-state index contributed by atoms with van der Waals surface area (Å²) in [5, 5.41) is 8.16. The normalized spacial score (nSPS) is 14.5. The number of aromatic nitrogens is 3. The summed E-state index contributed by atoms with van der Waals surface area (Å²) in [6.07, 6.45) is 3.02. The molecule has 0 aliphatic heterocycles. The van der Waals surface area contributed by atoms with Gasteiger partial charge in [0, 0.05) is 22.9 Å². The quantitative estimate of drug-likeness (QED) is 0.669. The molecule has 0 amide bonds. The first-order valence-corrected chi connectivity index (χ1v) is 10.5. The third-order valence-electron chi connectivity index (χ3n) is 4.83. The van der Waals surface area contributed by atoms with Gasteiger partial charge in [-0.2, -0.15) is 0 Å². The lowest BCUT2D eigenvalue weighted by Crippen LogP contribution is -2.14. The molecular weight excluding hydrogens is 364 g/mol. The number of benzene rings is 1. The number of hydrogen-bond acceptors (Lipinski definition) is 5. The highest BCUT2D eigenvalue weighted by molar-refractivity contribution is 7.92. The summed E-state index contributed by atoms with van der Waals surface area (Å²) in [5.41, 5.74) is 3.33. The van der Waals surface area contributed by atoms with Crippen molar-refractivity contribution in [1.29, 1.82) is 0 Å². The highest BCUT2D eigenvalue weighted by Crippen LogP contribution is 2.40. The van der Waals surface area contributed by atoms with Crippen LogP contribution in [0, 0.1) is 13.8 Å². The fraction of sp³-hybridized carbons (Fsp3) is 0.368. The summed E-state index contributed by atoms with van der Waals surface area (Å²) in [4.78, 5) is 3.31. The topological polar surface area (TPSA) is 101 Å². The largest absolute Gasteiger partial charge is 0.419 e. The first-order valence-electron chi connectivity index (χ1n) is 9.03. The second-order valence-electron chi connectivity index (χ2n) is 6.95. The van der Waals surface area contributed by atoms with E-state index in [4.69, 9.17) is 4.42 Å². The highest BCUT2D eigenvalue weighted by atomic mass is 32.2. The number of nitrogens with zero attached hydrogens (tertiary/aromatic N) is 2. The van der Waals surface area contributed by atoms with Crippen molar-refractivity contribution in [3.63, 3.8) is 0 Å². The second-order valence-corrected chi connectivity index (χ2v) is 8.57. The van der Waals surface area contributed by atoms with E-state index in [0.29, 0.717) is 40.3 Å². The molecule has 1 fully saturated rings. The van der Waals surface area contributed by atoms with Crippen molar-refractivity contribution in [2.24, 2.45) is 0 Å². The molecule has 2 heterocycles. The van der Waals surface area contributed by atoms with Crippen LogP contribution >= 0.6 is 0 Å². The summed E-state index contributed by atoms with van der Waals surface area (Å²) >= 11 is 0. The fourth-order valence-corrected chi connectivity index (χ4v) is 4.70. The third-order valence-corrected chi connectivity index (χ3v) is 6.49. The number of aryl methyl sites for hydroxylation is 2. The number of nitrogens with one attached hydrogen (secondary N) is 2. The Labute approximate surface area is 158 Å². The smallest absolute Gasteiger partial charge is 0.264 e. The predicted octanol–water partition coefficient (Wildman–Crippen LogP) is 3.92. The van der Waals surface area contributed by atoms with Crippen molar-refractivity contribution >= 4 is 15.7 Å². The summed E-state index contributed by atoms with van der Waals surface area (Å²) < 4.78 is 34.3. The number of hydrogen-bond donors (Lipinski definition) is 2. The van der Waals surface area contributed by atoms with Crippen molar-refractivity contribution in [2.75, 3.05) is 4.72 Å². The summed E-state index contributed by atoms with van der Waals surface area (Å²) in [7, 11) is -3.75. The van der Waals surface area contributed by atoms with Crippen molar-refractivity contribution in [2.45, 2.75) is 50.8 Å². The van der Waals surface area contributed by atoms with E-state index in [-0.39, 0.29) is 4.90 Å². The molecule has 0 atom stereocenters. The number of rotatable bonds is 6. The van der Waals surface area contributed by atoms with Gasteiger partial charge in [-0.05, 0) is 50.8 Å². The van der Waals surface area contributed by atoms with Gasteiger partial charge in [0.25, 0.3) is 15.9 Å². The van der Waals surface area contributed by atoms with Crippen LogP contribution in [0.3, 0.4) is 0 Å². The van der Waals surface area contributed by atoms with Gasteiger partial charge < -0.3 is 9.40 Å². The Balaban J connectivity index is 1.66. The Hall–Kier alpha value is -2.61. The van der Waals surface area contributed by atoms with Gasteiger partial charge in [-0.25, -0.2) is 8.42 Å². The summed E-state index contributed by atoms with van der Waals surface area (Å²) in [5.74, 6) is 1.29. The first-order chi connectivity index (χ1) is 12.9. The molecule has 0 saturated heterocycles. The predicted molar refractivity (Wildman–Crippen MR) is 102 cm³/mol. The van der Waals surface area contributed by atoms with E-state index in [1.54, 1.807) is 26.0 Å². The fourth-order valence-electron chi connectivity index (χ4n) is 3.20. The molecular formula is C19H22N4O3S. The van der Waals surface area contributed by atoms with Gasteiger partial charge in [-0.1, -0.05) is 19.1 Å². The monoisotopic (exact) mass is 386 g/mol. The van der Waals surface area contributed by atoms with Gasteiger partial charge in [-0.3, -0.25) is 4.72 Å². The molecule has 2 aromatic heterocycles. The Kier molecular flexibility index (Phi) is 4.30.